The summed E-state index contributed by atoms with van der Waals surface area (Å²) in [4.78, 5) is 13.3. The van der Waals surface area contributed by atoms with Crippen LogP contribution in [0.25, 0.3) is 10.8 Å². The zero-order chi connectivity index (χ0) is 19.8. The number of aryl methyl sites for hydroxylation is 1. The van der Waals surface area contributed by atoms with Crippen LogP contribution in [0.4, 0.5) is 11.4 Å². The lowest BCUT2D eigenvalue weighted by molar-refractivity contribution is 0.0697. The number of benzene rings is 3. The number of sulfonamides is 1. The van der Waals surface area contributed by atoms with Crippen molar-refractivity contribution in [2.24, 2.45) is 0 Å². The lowest BCUT2D eigenvalue weighted by Gasteiger charge is -2.17. The van der Waals surface area contributed by atoms with Crippen molar-refractivity contribution >= 4 is 38.1 Å². The van der Waals surface area contributed by atoms with Crippen LogP contribution in [0.2, 0.25) is 0 Å². The van der Waals surface area contributed by atoms with E-state index in [0.717, 1.165) is 11.1 Å². The average Bonchev–Trinajstić information content (AvgIpc) is 2.62. The number of nitrogens with zero attached hydrogens (tertiary/aromatic N) is 1. The highest BCUT2D eigenvalue weighted by molar-refractivity contribution is 7.93. The first kappa shape index (κ1) is 18.7. The second kappa shape index (κ2) is 6.92. The molecule has 0 unspecified atom stereocenters. The summed E-state index contributed by atoms with van der Waals surface area (Å²) < 4.78 is 28.7. The van der Waals surface area contributed by atoms with Crippen LogP contribution in [0.5, 0.6) is 0 Å². The maximum absolute atomic E-state index is 13.1. The van der Waals surface area contributed by atoms with E-state index in [0.29, 0.717) is 10.9 Å². The first-order valence-corrected chi connectivity index (χ1v) is 9.75. The fourth-order valence-electron chi connectivity index (χ4n) is 2.95. The monoisotopic (exact) mass is 384 g/mol. The van der Waals surface area contributed by atoms with Gasteiger partial charge in [-0.25, -0.2) is 13.2 Å². The van der Waals surface area contributed by atoms with E-state index >= 15 is 0 Å². The first-order chi connectivity index (χ1) is 12.7. The van der Waals surface area contributed by atoms with Crippen LogP contribution in [-0.2, 0) is 10.0 Å². The molecule has 0 saturated heterocycles. The van der Waals surface area contributed by atoms with Gasteiger partial charge < -0.3 is 10.0 Å². The SMILES string of the molecule is Cc1ccc(C(=O)O)cc1NS(=O)(=O)c1cccc2c(N(C)C)cccc12. The van der Waals surface area contributed by atoms with E-state index in [1.165, 1.54) is 12.1 Å². The highest BCUT2D eigenvalue weighted by Gasteiger charge is 2.20. The van der Waals surface area contributed by atoms with Gasteiger partial charge >= 0.3 is 5.97 Å². The zero-order valence-electron chi connectivity index (χ0n) is 15.2. The van der Waals surface area contributed by atoms with E-state index in [4.69, 9.17) is 5.11 Å². The standard InChI is InChI=1S/C20H20N2O4S/c1-13-10-11-14(20(23)24)12-17(13)21-27(25,26)19-9-5-6-15-16(19)7-4-8-18(15)22(2)3/h4-12,21H,1-3H3,(H,23,24). The summed E-state index contributed by atoms with van der Waals surface area (Å²) >= 11 is 0. The third kappa shape index (κ3) is 3.59. The molecule has 0 atom stereocenters. The summed E-state index contributed by atoms with van der Waals surface area (Å²) in [6.07, 6.45) is 0. The van der Waals surface area contributed by atoms with Crippen LogP contribution < -0.4 is 9.62 Å². The molecule has 0 saturated carbocycles. The summed E-state index contributed by atoms with van der Waals surface area (Å²) in [7, 11) is -0.113. The van der Waals surface area contributed by atoms with Crippen LogP contribution in [-0.4, -0.2) is 33.6 Å². The van der Waals surface area contributed by atoms with Crippen molar-refractivity contribution in [3.63, 3.8) is 0 Å². The van der Waals surface area contributed by atoms with Crippen LogP contribution in [0.3, 0.4) is 0 Å². The molecule has 2 N–H and O–H groups in total. The topological polar surface area (TPSA) is 86.7 Å². The van der Waals surface area contributed by atoms with Crippen molar-refractivity contribution in [1.82, 2.24) is 0 Å². The van der Waals surface area contributed by atoms with E-state index in [2.05, 4.69) is 4.72 Å². The van der Waals surface area contributed by atoms with Crippen molar-refractivity contribution in [2.45, 2.75) is 11.8 Å². The van der Waals surface area contributed by atoms with Gasteiger partial charge in [0.1, 0.15) is 0 Å². The van der Waals surface area contributed by atoms with E-state index in [1.807, 2.05) is 37.2 Å². The molecular weight excluding hydrogens is 364 g/mol. The Morgan fingerprint density at radius 1 is 1.00 bits per heavy atom. The first-order valence-electron chi connectivity index (χ1n) is 8.26. The van der Waals surface area contributed by atoms with Crippen molar-refractivity contribution in [2.75, 3.05) is 23.7 Å². The number of fused-ring (bicyclic) bond motifs is 1. The largest absolute Gasteiger partial charge is 0.478 e. The molecule has 27 heavy (non-hydrogen) atoms. The van der Waals surface area contributed by atoms with E-state index in [1.54, 1.807) is 31.2 Å². The molecule has 0 aliphatic heterocycles. The second-order valence-corrected chi connectivity index (χ2v) is 8.11. The number of carbonyl (C=O) groups is 1. The van der Waals surface area contributed by atoms with E-state index in [-0.39, 0.29) is 16.1 Å². The quantitative estimate of drug-likeness (QED) is 0.700. The fraction of sp³-hybridized carbons (Fsp3) is 0.150. The molecule has 3 aromatic carbocycles. The number of carboxylic acids is 1. The minimum atomic E-state index is -3.91. The van der Waals surface area contributed by atoms with Gasteiger partial charge in [-0.3, -0.25) is 4.72 Å². The molecule has 3 aromatic rings. The number of carboxylic acid groups (broad SMARTS) is 1. The fourth-order valence-corrected chi connectivity index (χ4v) is 4.30. The number of anilines is 2. The van der Waals surface area contributed by atoms with Gasteiger partial charge in [0.15, 0.2) is 0 Å². The summed E-state index contributed by atoms with van der Waals surface area (Å²) in [6, 6.07) is 15.0. The van der Waals surface area contributed by atoms with Crippen LogP contribution >= 0.6 is 0 Å². The molecule has 0 aromatic heterocycles. The van der Waals surface area contributed by atoms with Gasteiger partial charge in [0, 0.05) is 30.6 Å². The smallest absolute Gasteiger partial charge is 0.335 e. The Kier molecular flexibility index (Phi) is 4.80. The molecule has 140 valence electrons. The summed E-state index contributed by atoms with van der Waals surface area (Å²) in [5.74, 6) is -1.11. The Bertz CT molecular complexity index is 1140. The van der Waals surface area contributed by atoms with E-state index < -0.39 is 16.0 Å². The zero-order valence-corrected chi connectivity index (χ0v) is 16.0. The minimum absolute atomic E-state index is 0.0195. The highest BCUT2D eigenvalue weighted by Crippen LogP contribution is 2.31. The normalized spacial score (nSPS) is 11.4. The Morgan fingerprint density at radius 3 is 2.33 bits per heavy atom. The van der Waals surface area contributed by atoms with Gasteiger partial charge in [-0.05, 0) is 36.8 Å². The van der Waals surface area contributed by atoms with Gasteiger partial charge in [-0.1, -0.05) is 30.3 Å². The van der Waals surface area contributed by atoms with Gasteiger partial charge in [0.25, 0.3) is 10.0 Å². The third-order valence-corrected chi connectivity index (χ3v) is 5.78. The maximum atomic E-state index is 13.1. The lowest BCUT2D eigenvalue weighted by atomic mass is 10.1. The van der Waals surface area contributed by atoms with Crippen LogP contribution in [0, 0.1) is 6.92 Å². The highest BCUT2D eigenvalue weighted by atomic mass is 32.2. The van der Waals surface area contributed by atoms with Gasteiger partial charge in [-0.15, -0.1) is 0 Å². The number of hydrogen-bond acceptors (Lipinski definition) is 4. The van der Waals surface area contributed by atoms with Crippen LogP contribution in [0.1, 0.15) is 15.9 Å². The Labute approximate surface area is 158 Å². The number of aromatic carboxylic acids is 1. The Balaban J connectivity index is 2.13. The number of rotatable bonds is 5. The molecule has 0 amide bonds. The second-order valence-electron chi connectivity index (χ2n) is 6.46. The Hall–Kier alpha value is -3.06. The predicted molar refractivity (Wildman–Crippen MR) is 107 cm³/mol. The van der Waals surface area contributed by atoms with Gasteiger partial charge in [0.05, 0.1) is 16.1 Å². The molecule has 3 rings (SSSR count). The molecule has 7 heteroatoms. The lowest BCUT2D eigenvalue weighted by Crippen LogP contribution is -2.15. The molecule has 0 aliphatic rings. The van der Waals surface area contributed by atoms with Crippen molar-refractivity contribution in [3.05, 3.63) is 65.7 Å². The summed E-state index contributed by atoms with van der Waals surface area (Å²) in [6.45, 7) is 1.72. The molecule has 0 heterocycles. The molecule has 6 nitrogen and oxygen atoms in total. The summed E-state index contributed by atoms with van der Waals surface area (Å²) in [5, 5.41) is 10.6. The van der Waals surface area contributed by atoms with Crippen molar-refractivity contribution in [1.29, 1.82) is 0 Å². The van der Waals surface area contributed by atoms with Crippen LogP contribution in [0.15, 0.2) is 59.5 Å². The molecule has 0 spiro atoms. The molecule has 0 radical (unpaired) electrons. The molecule has 0 bridgehead atoms. The minimum Gasteiger partial charge on any atom is -0.478 e. The van der Waals surface area contributed by atoms with Crippen molar-refractivity contribution in [3.8, 4) is 0 Å². The summed E-state index contributed by atoms with van der Waals surface area (Å²) in [5.41, 5.74) is 1.81. The van der Waals surface area contributed by atoms with Gasteiger partial charge in [-0.2, -0.15) is 0 Å². The third-order valence-electron chi connectivity index (χ3n) is 4.36. The molecule has 0 fully saturated rings. The van der Waals surface area contributed by atoms with E-state index in [9.17, 15) is 13.2 Å². The number of hydrogen-bond donors (Lipinski definition) is 2. The van der Waals surface area contributed by atoms with Gasteiger partial charge in [0.2, 0.25) is 0 Å². The molecule has 0 aliphatic carbocycles. The van der Waals surface area contributed by atoms with Crippen molar-refractivity contribution < 1.29 is 18.3 Å². The number of nitrogens with one attached hydrogen (secondary N) is 1. The predicted octanol–water partition coefficient (Wildman–Crippen LogP) is 3.71. The Morgan fingerprint density at radius 2 is 1.67 bits per heavy atom. The molecular formula is C20H20N2O4S. The maximum Gasteiger partial charge on any atom is 0.335 e. The average molecular weight is 384 g/mol.